The summed E-state index contributed by atoms with van der Waals surface area (Å²) in [5.41, 5.74) is -0.620. The summed E-state index contributed by atoms with van der Waals surface area (Å²) in [6.45, 7) is 0. The number of carbonyl (C=O) groups is 1. The molecule has 8 heteroatoms. The number of hydrogen-bond donors (Lipinski definition) is 2. The fourth-order valence-corrected chi connectivity index (χ4v) is 2.49. The maximum Gasteiger partial charge on any atom is 0.338 e. The van der Waals surface area contributed by atoms with E-state index in [1.165, 1.54) is 0 Å². The third-order valence-corrected chi connectivity index (χ3v) is 3.52. The van der Waals surface area contributed by atoms with Crippen molar-refractivity contribution in [3.63, 3.8) is 0 Å². The maximum absolute atomic E-state index is 13.0. The Balaban J connectivity index is 3.02. The minimum absolute atomic E-state index is 0.0195. The Hall–Kier alpha value is -1.34. The Morgan fingerprint density at radius 1 is 1.47 bits per heavy atom. The number of sulfonamides is 1. The van der Waals surface area contributed by atoms with Crippen molar-refractivity contribution in [1.29, 1.82) is 0 Å². The summed E-state index contributed by atoms with van der Waals surface area (Å²) < 4.78 is 37.8. The van der Waals surface area contributed by atoms with Gasteiger partial charge < -0.3 is 5.11 Å². The second-order valence-corrected chi connectivity index (χ2v) is 5.33. The van der Waals surface area contributed by atoms with Gasteiger partial charge in [0.2, 0.25) is 10.0 Å². The number of alkyl halides is 1. The lowest BCUT2D eigenvalue weighted by atomic mass is 10.2. The van der Waals surface area contributed by atoms with E-state index >= 15 is 0 Å². The normalized spacial score (nSPS) is 11.2. The van der Waals surface area contributed by atoms with E-state index in [0.29, 0.717) is 0 Å². The molecule has 1 aromatic rings. The first kappa shape index (κ1) is 13.7. The average Bonchev–Trinajstić information content (AvgIpc) is 2.20. The van der Waals surface area contributed by atoms with Crippen LogP contribution in [-0.2, 0) is 10.0 Å². The Labute approximate surface area is 102 Å². The monoisotopic (exact) mass is 281 g/mol. The van der Waals surface area contributed by atoms with E-state index in [9.17, 15) is 17.6 Å². The van der Waals surface area contributed by atoms with Crippen LogP contribution in [0.5, 0.6) is 0 Å². The van der Waals surface area contributed by atoms with Crippen LogP contribution in [0.1, 0.15) is 10.4 Å². The van der Waals surface area contributed by atoms with Gasteiger partial charge in [-0.1, -0.05) is 0 Å². The van der Waals surface area contributed by atoms with Crippen molar-refractivity contribution in [1.82, 2.24) is 0 Å². The quantitative estimate of drug-likeness (QED) is 0.801. The number of halogens is 2. The summed E-state index contributed by atoms with van der Waals surface area (Å²) in [4.78, 5) is 10.6. The number of aromatic carboxylic acids is 1. The van der Waals surface area contributed by atoms with Gasteiger partial charge >= 0.3 is 5.97 Å². The SMILES string of the molecule is O=C(O)c1cc(NS(=O)(=O)CCCl)ccc1F. The highest BCUT2D eigenvalue weighted by molar-refractivity contribution is 7.92. The third kappa shape index (κ3) is 3.86. The van der Waals surface area contributed by atoms with Gasteiger partial charge in [0.1, 0.15) is 5.82 Å². The zero-order chi connectivity index (χ0) is 13.1. The molecule has 17 heavy (non-hydrogen) atoms. The van der Waals surface area contributed by atoms with Crippen LogP contribution >= 0.6 is 11.6 Å². The molecule has 94 valence electrons. The molecule has 0 aliphatic heterocycles. The molecule has 0 fully saturated rings. The Morgan fingerprint density at radius 2 is 2.12 bits per heavy atom. The molecule has 0 atom stereocenters. The molecule has 1 aromatic carbocycles. The lowest BCUT2D eigenvalue weighted by Crippen LogP contribution is -2.18. The van der Waals surface area contributed by atoms with Gasteiger partial charge in [0.05, 0.1) is 11.3 Å². The molecule has 5 nitrogen and oxygen atoms in total. The molecule has 0 aliphatic carbocycles. The Bertz CT molecular complexity index is 532. The van der Waals surface area contributed by atoms with E-state index in [0.717, 1.165) is 18.2 Å². The summed E-state index contributed by atoms with van der Waals surface area (Å²) in [5.74, 6) is -2.81. The predicted octanol–water partition coefficient (Wildman–Crippen LogP) is 1.50. The average molecular weight is 282 g/mol. The molecule has 0 saturated carbocycles. The van der Waals surface area contributed by atoms with Crippen molar-refractivity contribution in [2.75, 3.05) is 16.4 Å². The molecule has 1 rings (SSSR count). The maximum atomic E-state index is 13.0. The number of benzene rings is 1. The van der Waals surface area contributed by atoms with Crippen LogP contribution < -0.4 is 4.72 Å². The first-order chi connectivity index (χ1) is 7.85. The first-order valence-electron chi connectivity index (χ1n) is 4.45. The molecule has 0 amide bonds. The van der Waals surface area contributed by atoms with Crippen molar-refractivity contribution < 1.29 is 22.7 Å². The summed E-state index contributed by atoms with van der Waals surface area (Å²) in [6, 6.07) is 2.92. The van der Waals surface area contributed by atoms with Crippen molar-refractivity contribution in [3.05, 3.63) is 29.6 Å². The molecule has 2 N–H and O–H groups in total. The number of nitrogens with one attached hydrogen (secondary N) is 1. The highest BCUT2D eigenvalue weighted by Gasteiger charge is 2.14. The minimum Gasteiger partial charge on any atom is -0.478 e. The lowest BCUT2D eigenvalue weighted by molar-refractivity contribution is 0.0692. The van der Waals surface area contributed by atoms with Crippen molar-refractivity contribution in [2.45, 2.75) is 0 Å². The van der Waals surface area contributed by atoms with E-state index in [1.807, 2.05) is 0 Å². The standard InChI is InChI=1S/C9H9ClFNO4S/c10-3-4-17(15,16)12-6-1-2-8(11)7(5-6)9(13)14/h1-2,5,12H,3-4H2,(H,13,14). The van der Waals surface area contributed by atoms with Crippen LogP contribution in [0, 0.1) is 5.82 Å². The van der Waals surface area contributed by atoms with E-state index < -0.39 is 27.4 Å². The second kappa shape index (κ2) is 5.33. The van der Waals surface area contributed by atoms with Crippen LogP contribution in [0.25, 0.3) is 0 Å². The van der Waals surface area contributed by atoms with Gasteiger partial charge in [-0.15, -0.1) is 11.6 Å². The summed E-state index contributed by atoms with van der Waals surface area (Å²) in [5, 5.41) is 8.65. The fourth-order valence-electron chi connectivity index (χ4n) is 1.08. The summed E-state index contributed by atoms with van der Waals surface area (Å²) in [7, 11) is -3.64. The number of carboxylic acids is 1. The lowest BCUT2D eigenvalue weighted by Gasteiger charge is -2.07. The van der Waals surface area contributed by atoms with Gasteiger partial charge in [-0.2, -0.15) is 0 Å². The fraction of sp³-hybridized carbons (Fsp3) is 0.222. The molecular weight excluding hydrogens is 273 g/mol. The summed E-state index contributed by atoms with van der Waals surface area (Å²) >= 11 is 5.29. The Morgan fingerprint density at radius 3 is 2.65 bits per heavy atom. The zero-order valence-corrected chi connectivity index (χ0v) is 10.1. The smallest absolute Gasteiger partial charge is 0.338 e. The predicted molar refractivity (Wildman–Crippen MR) is 61.5 cm³/mol. The van der Waals surface area contributed by atoms with Gasteiger partial charge in [0.15, 0.2) is 0 Å². The van der Waals surface area contributed by atoms with Gasteiger partial charge in [0.25, 0.3) is 0 Å². The third-order valence-electron chi connectivity index (χ3n) is 1.82. The number of hydrogen-bond acceptors (Lipinski definition) is 3. The largest absolute Gasteiger partial charge is 0.478 e. The molecule has 0 bridgehead atoms. The zero-order valence-electron chi connectivity index (χ0n) is 8.48. The van der Waals surface area contributed by atoms with Gasteiger partial charge in [-0.25, -0.2) is 17.6 Å². The molecular formula is C9H9ClFNO4S. The number of carboxylic acid groups (broad SMARTS) is 1. The number of anilines is 1. The van der Waals surface area contributed by atoms with E-state index in [1.54, 1.807) is 0 Å². The minimum atomic E-state index is -3.64. The van der Waals surface area contributed by atoms with Crippen molar-refractivity contribution in [3.8, 4) is 0 Å². The van der Waals surface area contributed by atoms with Gasteiger partial charge in [-0.3, -0.25) is 4.72 Å². The molecule has 0 unspecified atom stereocenters. The van der Waals surface area contributed by atoms with Crippen molar-refractivity contribution >= 4 is 33.3 Å². The summed E-state index contributed by atoms with van der Waals surface area (Å²) in [6.07, 6.45) is 0. The van der Waals surface area contributed by atoms with Crippen molar-refractivity contribution in [2.24, 2.45) is 0 Å². The molecule has 0 radical (unpaired) electrons. The van der Waals surface area contributed by atoms with Crippen LogP contribution in [0.3, 0.4) is 0 Å². The topological polar surface area (TPSA) is 83.5 Å². The van der Waals surface area contributed by atoms with E-state index in [2.05, 4.69) is 4.72 Å². The van der Waals surface area contributed by atoms with Crippen LogP contribution in [0.4, 0.5) is 10.1 Å². The van der Waals surface area contributed by atoms with Crippen LogP contribution in [0.2, 0.25) is 0 Å². The first-order valence-corrected chi connectivity index (χ1v) is 6.63. The van der Waals surface area contributed by atoms with E-state index in [-0.39, 0.29) is 17.3 Å². The number of rotatable bonds is 5. The molecule has 0 saturated heterocycles. The molecule has 0 aromatic heterocycles. The van der Waals surface area contributed by atoms with Gasteiger partial charge in [-0.05, 0) is 18.2 Å². The Kier molecular flexibility index (Phi) is 4.30. The van der Waals surface area contributed by atoms with Crippen LogP contribution in [-0.4, -0.2) is 31.1 Å². The molecule has 0 aliphatic rings. The molecule has 0 spiro atoms. The second-order valence-electron chi connectivity index (χ2n) is 3.11. The molecule has 0 heterocycles. The van der Waals surface area contributed by atoms with Crippen LogP contribution in [0.15, 0.2) is 18.2 Å². The highest BCUT2D eigenvalue weighted by atomic mass is 35.5. The highest BCUT2D eigenvalue weighted by Crippen LogP contribution is 2.16. The van der Waals surface area contributed by atoms with Gasteiger partial charge in [0, 0.05) is 11.6 Å². The van der Waals surface area contributed by atoms with E-state index in [4.69, 9.17) is 16.7 Å².